The highest BCUT2D eigenvalue weighted by Crippen LogP contribution is 2.41. The van der Waals surface area contributed by atoms with Gasteiger partial charge in [-0.3, -0.25) is 14.5 Å². The Bertz CT molecular complexity index is 2240. The summed E-state index contributed by atoms with van der Waals surface area (Å²) in [5, 5.41) is 5.02. The molecule has 2 saturated heterocycles. The SMILES string of the molecule is CC[C@@H](C)n1ncn(-c2ccc(N3CCN(c4ccc(OC[C@@H]5CO[C@@](CN6C(=O)c7ccccc7C6=O)(c6ccc(Cl)cc6Cl)O5)cc4)CC3)cc2)c1=O. The molecule has 0 saturated carbocycles. The van der Waals surface area contributed by atoms with Gasteiger partial charge in [-0.25, -0.2) is 14.0 Å². The fourth-order valence-corrected chi connectivity index (χ4v) is 7.86. The molecule has 284 valence electrons. The van der Waals surface area contributed by atoms with E-state index < -0.39 is 23.7 Å². The van der Waals surface area contributed by atoms with Crippen molar-refractivity contribution in [3.05, 3.63) is 135 Å². The van der Waals surface area contributed by atoms with Crippen LogP contribution in [0.2, 0.25) is 10.0 Å². The van der Waals surface area contributed by atoms with Crippen LogP contribution in [0.1, 0.15) is 52.6 Å². The van der Waals surface area contributed by atoms with Gasteiger partial charge in [-0.05, 0) is 86.1 Å². The van der Waals surface area contributed by atoms with Gasteiger partial charge in [0.1, 0.15) is 24.8 Å². The lowest BCUT2D eigenvalue weighted by Crippen LogP contribution is -2.46. The minimum Gasteiger partial charge on any atom is -0.491 e. The van der Waals surface area contributed by atoms with Crippen molar-refractivity contribution < 1.29 is 23.8 Å². The lowest BCUT2D eigenvalue weighted by molar-refractivity contribution is -0.184. The molecule has 0 spiro atoms. The molecule has 5 aromatic rings. The van der Waals surface area contributed by atoms with Crippen molar-refractivity contribution in [1.82, 2.24) is 19.2 Å². The van der Waals surface area contributed by atoms with Gasteiger partial charge in [-0.1, -0.05) is 48.3 Å². The molecule has 55 heavy (non-hydrogen) atoms. The number of benzene rings is 4. The molecule has 3 aliphatic heterocycles. The average molecular weight is 784 g/mol. The summed E-state index contributed by atoms with van der Waals surface area (Å²) in [5.74, 6) is -1.70. The number of amides is 2. The lowest BCUT2D eigenvalue weighted by Gasteiger charge is -2.37. The minimum atomic E-state index is -1.52. The van der Waals surface area contributed by atoms with Gasteiger partial charge in [-0.15, -0.1) is 0 Å². The minimum absolute atomic E-state index is 0.0481. The molecular weight excluding hydrogens is 743 g/mol. The second-order valence-electron chi connectivity index (χ2n) is 14.0. The first-order chi connectivity index (χ1) is 26.6. The Morgan fingerprint density at radius 1 is 0.836 bits per heavy atom. The molecule has 4 heterocycles. The van der Waals surface area contributed by atoms with Crippen LogP contribution in [0.15, 0.2) is 102 Å². The van der Waals surface area contributed by atoms with E-state index in [0.29, 0.717) is 32.5 Å². The van der Waals surface area contributed by atoms with E-state index in [2.05, 4.69) is 27.0 Å². The van der Waals surface area contributed by atoms with Crippen molar-refractivity contribution in [3.8, 4) is 11.4 Å². The normalized spacial score (nSPS) is 20.3. The van der Waals surface area contributed by atoms with Gasteiger partial charge in [0.15, 0.2) is 0 Å². The molecule has 0 N–H and O–H groups in total. The average Bonchev–Trinajstić information content (AvgIpc) is 3.88. The molecule has 2 amide bonds. The van der Waals surface area contributed by atoms with Crippen LogP contribution in [-0.4, -0.2) is 83.1 Å². The molecule has 3 aliphatic rings. The van der Waals surface area contributed by atoms with Gasteiger partial charge in [0.2, 0.25) is 5.79 Å². The van der Waals surface area contributed by atoms with Crippen molar-refractivity contribution in [2.24, 2.45) is 0 Å². The quantitative estimate of drug-likeness (QED) is 0.137. The molecule has 12 nitrogen and oxygen atoms in total. The van der Waals surface area contributed by atoms with Crippen LogP contribution in [0.5, 0.6) is 5.75 Å². The molecular formula is C41H40Cl2N6O6. The van der Waals surface area contributed by atoms with E-state index >= 15 is 0 Å². The number of rotatable bonds is 11. The zero-order valence-electron chi connectivity index (χ0n) is 30.4. The third-order valence-corrected chi connectivity index (χ3v) is 11.1. The molecule has 2 fully saturated rings. The summed E-state index contributed by atoms with van der Waals surface area (Å²) < 4.78 is 22.0. The van der Waals surface area contributed by atoms with E-state index in [4.69, 9.17) is 37.4 Å². The molecule has 1 aromatic heterocycles. The van der Waals surface area contributed by atoms with Gasteiger partial charge in [0, 0.05) is 48.1 Å². The highest BCUT2D eigenvalue weighted by Gasteiger charge is 2.50. The van der Waals surface area contributed by atoms with Crippen LogP contribution in [0.3, 0.4) is 0 Å². The van der Waals surface area contributed by atoms with E-state index in [0.717, 1.165) is 54.6 Å². The van der Waals surface area contributed by atoms with Crippen molar-refractivity contribution in [3.63, 3.8) is 0 Å². The molecule has 0 radical (unpaired) electrons. The summed E-state index contributed by atoms with van der Waals surface area (Å²) >= 11 is 12.8. The molecule has 0 bridgehead atoms. The van der Waals surface area contributed by atoms with Crippen molar-refractivity contribution >= 4 is 46.4 Å². The van der Waals surface area contributed by atoms with Crippen LogP contribution in [0.4, 0.5) is 11.4 Å². The third kappa shape index (κ3) is 7.11. The smallest absolute Gasteiger partial charge is 0.350 e. The highest BCUT2D eigenvalue weighted by molar-refractivity contribution is 6.35. The molecule has 0 unspecified atom stereocenters. The Morgan fingerprint density at radius 2 is 1.44 bits per heavy atom. The first-order valence-corrected chi connectivity index (χ1v) is 19.1. The predicted molar refractivity (Wildman–Crippen MR) is 210 cm³/mol. The van der Waals surface area contributed by atoms with E-state index in [1.807, 2.05) is 50.2 Å². The van der Waals surface area contributed by atoms with Crippen LogP contribution < -0.4 is 20.2 Å². The number of halogens is 2. The number of piperazine rings is 1. The highest BCUT2D eigenvalue weighted by atomic mass is 35.5. The molecule has 14 heteroatoms. The van der Waals surface area contributed by atoms with Gasteiger partial charge in [0.05, 0.1) is 41.0 Å². The van der Waals surface area contributed by atoms with Crippen LogP contribution >= 0.6 is 23.2 Å². The Hall–Kier alpha value is -5.14. The van der Waals surface area contributed by atoms with Gasteiger partial charge in [-0.2, -0.15) is 5.10 Å². The topological polar surface area (TPSA) is 111 Å². The predicted octanol–water partition coefficient (Wildman–Crippen LogP) is 6.58. The number of carbonyl (C=O) groups excluding carboxylic acids is 2. The first kappa shape index (κ1) is 36.8. The van der Waals surface area contributed by atoms with Crippen LogP contribution in [0, 0.1) is 0 Å². The largest absolute Gasteiger partial charge is 0.491 e. The zero-order chi connectivity index (χ0) is 38.3. The summed E-state index contributed by atoms with van der Waals surface area (Å²) in [6, 6.07) is 27.7. The molecule has 3 atom stereocenters. The van der Waals surface area contributed by atoms with E-state index in [1.165, 1.54) is 4.68 Å². The first-order valence-electron chi connectivity index (χ1n) is 18.4. The number of anilines is 2. The van der Waals surface area contributed by atoms with Crippen molar-refractivity contribution in [2.75, 3.05) is 55.7 Å². The second-order valence-corrected chi connectivity index (χ2v) is 14.8. The maximum Gasteiger partial charge on any atom is 0.350 e. The van der Waals surface area contributed by atoms with Crippen molar-refractivity contribution in [1.29, 1.82) is 0 Å². The van der Waals surface area contributed by atoms with E-state index in [1.54, 1.807) is 53.4 Å². The summed E-state index contributed by atoms with van der Waals surface area (Å²) in [4.78, 5) is 45.3. The number of aromatic nitrogens is 3. The Labute approximate surface area is 328 Å². The molecule has 4 aromatic carbocycles. The summed E-state index contributed by atoms with van der Waals surface area (Å²) in [5.41, 5.74) is 3.99. The Balaban J connectivity index is 0.874. The maximum atomic E-state index is 13.3. The number of hydrogen-bond acceptors (Lipinski definition) is 9. The van der Waals surface area contributed by atoms with Crippen LogP contribution in [0.25, 0.3) is 5.69 Å². The van der Waals surface area contributed by atoms with Gasteiger partial charge in [0.25, 0.3) is 11.8 Å². The molecule has 0 aliphatic carbocycles. The zero-order valence-corrected chi connectivity index (χ0v) is 31.9. The number of imide groups is 1. The van der Waals surface area contributed by atoms with Gasteiger partial charge >= 0.3 is 5.69 Å². The number of ether oxygens (including phenoxy) is 3. The number of hydrogen-bond donors (Lipinski definition) is 0. The molecule has 8 rings (SSSR count). The Kier molecular flexibility index (Phi) is 10.2. The third-order valence-electron chi connectivity index (χ3n) is 10.6. The number of carbonyl (C=O) groups is 2. The van der Waals surface area contributed by atoms with Gasteiger partial charge < -0.3 is 24.0 Å². The fourth-order valence-electron chi connectivity index (χ4n) is 7.30. The number of nitrogens with zero attached hydrogens (tertiary/aromatic N) is 6. The fraction of sp³-hybridized carbons (Fsp3) is 0.317. The van der Waals surface area contributed by atoms with E-state index in [9.17, 15) is 14.4 Å². The second kappa shape index (κ2) is 15.2. The standard InChI is InChI=1S/C41H40Cl2N6O6/c1-3-27(2)49-40(52)48(26-44-49)31-11-9-29(10-12-31)45-18-20-46(21-19-45)30-13-15-32(16-14-30)53-23-33-24-54-41(55-33,36-17-8-28(42)22-37(36)43)25-47-38(50)34-6-4-5-7-35(34)39(47)51/h4-17,22,26-27,33H,3,18-21,23-25H2,1-2H3/t27-,33-,41-/m1/s1. The van der Waals surface area contributed by atoms with E-state index in [-0.39, 0.29) is 31.5 Å². The summed E-state index contributed by atoms with van der Waals surface area (Å²) in [6.45, 7) is 7.54. The van der Waals surface area contributed by atoms with Crippen LogP contribution in [-0.2, 0) is 15.3 Å². The summed E-state index contributed by atoms with van der Waals surface area (Å²) in [7, 11) is 0. The lowest BCUT2D eigenvalue weighted by atomic mass is 10.0. The monoisotopic (exact) mass is 782 g/mol. The summed E-state index contributed by atoms with van der Waals surface area (Å²) in [6.07, 6.45) is 1.90. The number of fused-ring (bicyclic) bond motifs is 1. The maximum absolute atomic E-state index is 13.3. The van der Waals surface area contributed by atoms with Crippen molar-refractivity contribution in [2.45, 2.75) is 38.2 Å². The Morgan fingerprint density at radius 3 is 2.04 bits per heavy atom.